The fourth-order valence-corrected chi connectivity index (χ4v) is 3.91. The third kappa shape index (κ3) is 4.35. The zero-order chi connectivity index (χ0) is 22.7. The van der Waals surface area contributed by atoms with Crippen LogP contribution in [0, 0.1) is 6.92 Å². The van der Waals surface area contributed by atoms with Crippen LogP contribution in [0.25, 0.3) is 27.8 Å². The van der Waals surface area contributed by atoms with Crippen LogP contribution in [0.5, 0.6) is 5.75 Å². The van der Waals surface area contributed by atoms with Crippen molar-refractivity contribution in [3.05, 3.63) is 93.9 Å². The van der Waals surface area contributed by atoms with Gasteiger partial charge in [0.15, 0.2) is 0 Å². The van der Waals surface area contributed by atoms with Gasteiger partial charge in [-0.2, -0.15) is 0 Å². The van der Waals surface area contributed by atoms with Gasteiger partial charge >= 0.3 is 11.6 Å². The van der Waals surface area contributed by atoms with Crippen molar-refractivity contribution in [1.82, 2.24) is 0 Å². The molecule has 0 radical (unpaired) electrons. The Bertz CT molecular complexity index is 1360. The van der Waals surface area contributed by atoms with E-state index < -0.39 is 11.6 Å². The van der Waals surface area contributed by atoms with Gasteiger partial charge in [-0.3, -0.25) is 0 Å². The lowest BCUT2D eigenvalue weighted by molar-refractivity contribution is 0.0737. The van der Waals surface area contributed by atoms with Crippen LogP contribution in [0.3, 0.4) is 0 Å². The van der Waals surface area contributed by atoms with Crippen molar-refractivity contribution < 1.29 is 13.9 Å². The molecule has 162 valence electrons. The van der Waals surface area contributed by atoms with Crippen molar-refractivity contribution >= 4 is 33.8 Å². The maximum absolute atomic E-state index is 13.0. The Morgan fingerprint density at radius 1 is 1.03 bits per heavy atom. The fourth-order valence-electron chi connectivity index (χ4n) is 3.91. The molecule has 0 saturated heterocycles. The summed E-state index contributed by atoms with van der Waals surface area (Å²) in [5, 5.41) is 1.83. The van der Waals surface area contributed by atoms with Gasteiger partial charge in [0, 0.05) is 5.39 Å². The molecule has 0 saturated carbocycles. The average molecular weight is 427 g/mol. The van der Waals surface area contributed by atoms with Crippen molar-refractivity contribution in [1.29, 1.82) is 0 Å². The molecule has 0 atom stereocenters. The Hall–Kier alpha value is -3.66. The van der Waals surface area contributed by atoms with E-state index in [1.807, 2.05) is 43.3 Å². The quantitative estimate of drug-likeness (QED) is 0.107. The molecule has 3 aromatic carbocycles. The second kappa shape index (κ2) is 9.23. The molecule has 0 aliphatic carbocycles. The number of unbranched alkanes of at least 4 members (excludes halogenated alkanes) is 2. The smallest absolute Gasteiger partial charge is 0.344 e. The van der Waals surface area contributed by atoms with Gasteiger partial charge in [-0.15, -0.1) is 0 Å². The number of aryl methyl sites for hydroxylation is 2. The lowest BCUT2D eigenvalue weighted by Gasteiger charge is -2.13. The highest BCUT2D eigenvalue weighted by Gasteiger charge is 2.17. The summed E-state index contributed by atoms with van der Waals surface area (Å²) in [6, 6.07) is 16.4. The zero-order valence-electron chi connectivity index (χ0n) is 18.4. The van der Waals surface area contributed by atoms with E-state index in [-0.39, 0.29) is 0 Å². The molecule has 0 spiro atoms. The number of hydrogen-bond acceptors (Lipinski definition) is 4. The first-order valence-electron chi connectivity index (χ1n) is 10.9. The molecule has 1 aromatic heterocycles. The molecule has 1 heterocycles. The van der Waals surface area contributed by atoms with E-state index in [9.17, 15) is 9.59 Å². The predicted octanol–water partition coefficient (Wildman–Crippen LogP) is 6.85. The van der Waals surface area contributed by atoms with Gasteiger partial charge in [0.2, 0.25) is 0 Å². The number of carbonyl (C=O) groups excluding carboxylic acids is 1. The normalized spacial score (nSPS) is 11.1. The highest BCUT2D eigenvalue weighted by atomic mass is 16.5. The van der Waals surface area contributed by atoms with Crippen LogP contribution in [0.15, 0.2) is 70.4 Å². The van der Waals surface area contributed by atoms with Crippen molar-refractivity contribution in [3.8, 4) is 5.75 Å². The number of fused-ring (bicyclic) bond motifs is 3. The number of rotatable bonds is 7. The summed E-state index contributed by atoms with van der Waals surface area (Å²) in [6.07, 6.45) is 5.75. The maximum atomic E-state index is 13.0. The van der Waals surface area contributed by atoms with Crippen molar-refractivity contribution in [2.75, 3.05) is 0 Å². The lowest BCUT2D eigenvalue weighted by atomic mass is 10.0. The second-order valence-corrected chi connectivity index (χ2v) is 8.08. The zero-order valence-corrected chi connectivity index (χ0v) is 18.4. The first-order chi connectivity index (χ1) is 15.5. The predicted molar refractivity (Wildman–Crippen MR) is 129 cm³/mol. The van der Waals surface area contributed by atoms with E-state index >= 15 is 0 Å². The highest BCUT2D eigenvalue weighted by Crippen LogP contribution is 2.34. The average Bonchev–Trinajstić information content (AvgIpc) is 2.79. The third-order valence-corrected chi connectivity index (χ3v) is 5.65. The summed E-state index contributed by atoms with van der Waals surface area (Å²) in [7, 11) is 0. The molecule has 0 aliphatic heterocycles. The summed E-state index contributed by atoms with van der Waals surface area (Å²) in [6.45, 7) is 7.85. The van der Waals surface area contributed by atoms with Gasteiger partial charge in [-0.25, -0.2) is 9.59 Å². The van der Waals surface area contributed by atoms with Gasteiger partial charge in [0.25, 0.3) is 0 Å². The van der Waals surface area contributed by atoms with Gasteiger partial charge in [-0.1, -0.05) is 62.2 Å². The monoisotopic (exact) mass is 426 g/mol. The Balaban J connectivity index is 1.86. The van der Waals surface area contributed by atoms with Crippen LogP contribution in [0.2, 0.25) is 0 Å². The minimum absolute atomic E-state index is 0.393. The van der Waals surface area contributed by atoms with Crippen molar-refractivity contribution in [3.63, 3.8) is 0 Å². The van der Waals surface area contributed by atoms with E-state index in [0.29, 0.717) is 27.7 Å². The van der Waals surface area contributed by atoms with Crippen LogP contribution in [0.4, 0.5) is 0 Å². The standard InChI is InChI=1S/C28H26O4/c1-4-6-7-8-20-16-24(31-27(29)21-12-10-19(5-2)11-13-21)26-23-15-18(3)9-14-22(23)28(30)32-25(26)17-20/h5,9-17H,2,4,6-8H2,1,3H3. The Morgan fingerprint density at radius 3 is 2.53 bits per heavy atom. The fraction of sp³-hybridized carbons (Fsp3) is 0.214. The van der Waals surface area contributed by atoms with Crippen LogP contribution in [-0.4, -0.2) is 5.97 Å². The second-order valence-electron chi connectivity index (χ2n) is 8.08. The van der Waals surface area contributed by atoms with Crippen LogP contribution < -0.4 is 10.4 Å². The van der Waals surface area contributed by atoms with E-state index in [1.54, 1.807) is 24.3 Å². The molecule has 4 nitrogen and oxygen atoms in total. The number of hydrogen-bond donors (Lipinski definition) is 0. The van der Waals surface area contributed by atoms with Gasteiger partial charge in [-0.05, 0) is 61.2 Å². The summed E-state index contributed by atoms with van der Waals surface area (Å²) in [5.74, 6) is -0.0502. The highest BCUT2D eigenvalue weighted by molar-refractivity contribution is 6.09. The van der Waals surface area contributed by atoms with E-state index in [1.165, 1.54) is 0 Å². The number of carbonyl (C=O) groups is 1. The van der Waals surface area contributed by atoms with Crippen molar-refractivity contribution in [2.45, 2.75) is 39.5 Å². The summed E-state index contributed by atoms with van der Waals surface area (Å²) < 4.78 is 11.6. The molecule has 4 rings (SSSR count). The topological polar surface area (TPSA) is 56.5 Å². The minimum Gasteiger partial charge on any atom is -0.422 e. The van der Waals surface area contributed by atoms with E-state index in [4.69, 9.17) is 9.15 Å². The number of esters is 1. The van der Waals surface area contributed by atoms with E-state index in [2.05, 4.69) is 13.5 Å². The van der Waals surface area contributed by atoms with E-state index in [0.717, 1.165) is 47.8 Å². The summed E-state index contributed by atoms with van der Waals surface area (Å²) in [4.78, 5) is 25.6. The maximum Gasteiger partial charge on any atom is 0.344 e. The molecule has 4 aromatic rings. The molecule has 32 heavy (non-hydrogen) atoms. The Kier molecular flexibility index (Phi) is 6.22. The first-order valence-corrected chi connectivity index (χ1v) is 10.9. The molecule has 0 N–H and O–H groups in total. The number of benzene rings is 3. The molecule has 0 bridgehead atoms. The summed E-state index contributed by atoms with van der Waals surface area (Å²) >= 11 is 0. The molecule has 0 fully saturated rings. The minimum atomic E-state index is -0.459. The molecular formula is C28H26O4. The molecular weight excluding hydrogens is 400 g/mol. The van der Waals surface area contributed by atoms with Gasteiger partial charge < -0.3 is 9.15 Å². The first kappa shape index (κ1) is 21.6. The van der Waals surface area contributed by atoms with Crippen LogP contribution in [-0.2, 0) is 6.42 Å². The van der Waals surface area contributed by atoms with Gasteiger partial charge in [0.05, 0.1) is 16.3 Å². The molecule has 4 heteroatoms. The molecule has 0 unspecified atom stereocenters. The van der Waals surface area contributed by atoms with Crippen LogP contribution >= 0.6 is 0 Å². The lowest BCUT2D eigenvalue weighted by Crippen LogP contribution is -2.10. The number of ether oxygens (including phenoxy) is 1. The van der Waals surface area contributed by atoms with Crippen LogP contribution in [0.1, 0.15) is 53.2 Å². The Morgan fingerprint density at radius 2 is 1.81 bits per heavy atom. The summed E-state index contributed by atoms with van der Waals surface area (Å²) in [5.41, 5.74) is 3.40. The molecule has 0 aliphatic rings. The third-order valence-electron chi connectivity index (χ3n) is 5.65. The SMILES string of the molecule is C=Cc1ccc(C(=O)Oc2cc(CCCCC)cc3oc(=O)c4ccc(C)cc4c23)cc1. The molecule has 0 amide bonds. The Labute approximate surface area is 187 Å². The largest absolute Gasteiger partial charge is 0.422 e. The van der Waals surface area contributed by atoms with Crippen molar-refractivity contribution in [2.24, 2.45) is 0 Å². The van der Waals surface area contributed by atoms with Gasteiger partial charge in [0.1, 0.15) is 11.3 Å².